The van der Waals surface area contributed by atoms with Crippen LogP contribution in [0.2, 0.25) is 0 Å². The minimum absolute atomic E-state index is 1.19. The van der Waals surface area contributed by atoms with Crippen molar-refractivity contribution in [3.63, 3.8) is 0 Å². The fourth-order valence-corrected chi connectivity index (χ4v) is 8.85. The largest absolute Gasteiger partial charge is 0.308 e. The fourth-order valence-electron chi connectivity index (χ4n) is 6.41. The predicted molar refractivity (Wildman–Crippen MR) is 180 cm³/mol. The van der Waals surface area contributed by atoms with E-state index in [9.17, 15) is 0 Å². The molecule has 0 atom stereocenters. The second kappa shape index (κ2) is 8.90. The van der Waals surface area contributed by atoms with Gasteiger partial charge in [-0.2, -0.15) is 0 Å². The molecule has 0 saturated carbocycles. The van der Waals surface area contributed by atoms with Gasteiger partial charge in [0.15, 0.2) is 0 Å². The molecule has 3 heteroatoms. The zero-order valence-corrected chi connectivity index (χ0v) is 23.7. The summed E-state index contributed by atoms with van der Waals surface area (Å²) in [5.74, 6) is 0. The third-order valence-corrected chi connectivity index (χ3v) is 10.6. The van der Waals surface area contributed by atoms with Crippen LogP contribution in [0.1, 0.15) is 0 Å². The molecule has 0 spiro atoms. The number of benzene rings is 6. The van der Waals surface area contributed by atoms with Crippen LogP contribution in [0.4, 0.5) is 0 Å². The van der Waals surface area contributed by atoms with Crippen LogP contribution >= 0.6 is 22.7 Å². The summed E-state index contributed by atoms with van der Waals surface area (Å²) in [6, 6.07) is 51.0. The van der Waals surface area contributed by atoms with Crippen molar-refractivity contribution in [2.75, 3.05) is 0 Å². The first-order chi connectivity index (χ1) is 20.3. The van der Waals surface area contributed by atoms with E-state index in [1.165, 1.54) is 79.3 Å². The normalized spacial score (nSPS) is 11.9. The van der Waals surface area contributed by atoms with Crippen molar-refractivity contribution in [3.8, 4) is 27.9 Å². The maximum atomic E-state index is 2.44. The zero-order valence-electron chi connectivity index (χ0n) is 22.0. The second-order valence-electron chi connectivity index (χ2n) is 10.5. The number of nitrogens with zero attached hydrogens (tertiary/aromatic N) is 1. The number of para-hydroxylation sites is 2. The van der Waals surface area contributed by atoms with Gasteiger partial charge in [0.1, 0.15) is 0 Å². The highest BCUT2D eigenvalue weighted by Gasteiger charge is 2.20. The molecule has 0 aliphatic rings. The van der Waals surface area contributed by atoms with Gasteiger partial charge in [0.05, 0.1) is 15.7 Å². The third-order valence-electron chi connectivity index (χ3n) is 8.22. The van der Waals surface area contributed by atoms with Crippen molar-refractivity contribution in [1.29, 1.82) is 0 Å². The minimum atomic E-state index is 1.19. The van der Waals surface area contributed by atoms with Gasteiger partial charge in [0.2, 0.25) is 0 Å². The van der Waals surface area contributed by atoms with Gasteiger partial charge in [0, 0.05) is 46.9 Å². The molecule has 0 unspecified atom stereocenters. The summed E-state index contributed by atoms with van der Waals surface area (Å²) >= 11 is 3.79. The molecule has 0 bridgehead atoms. The van der Waals surface area contributed by atoms with E-state index in [4.69, 9.17) is 0 Å². The first-order valence-corrected chi connectivity index (χ1v) is 15.5. The van der Waals surface area contributed by atoms with Crippen molar-refractivity contribution in [2.45, 2.75) is 0 Å². The quantitative estimate of drug-likeness (QED) is 0.204. The van der Waals surface area contributed by atoms with Crippen LogP contribution in [0, 0.1) is 0 Å². The maximum Gasteiger partial charge on any atom is 0.0727 e. The number of hydrogen-bond donors (Lipinski definition) is 0. The standard InChI is InChI=1S/C38H23NS2/c1-2-11-25(12-3-1)39-33-19-8-6-16-30(33)38-36(39)31-18-10-17-29(37(31)41-38)27-14-5-4-13-26(27)24-21-22-35-32(23-24)28-15-7-9-20-34(28)40-35/h1-23H. The van der Waals surface area contributed by atoms with Crippen molar-refractivity contribution >= 4 is 74.1 Å². The molecule has 0 radical (unpaired) electrons. The first kappa shape index (κ1) is 23.0. The van der Waals surface area contributed by atoms with Gasteiger partial charge in [-0.15, -0.1) is 22.7 Å². The van der Waals surface area contributed by atoms with Crippen LogP contribution in [0.25, 0.3) is 79.3 Å². The summed E-state index contributed by atoms with van der Waals surface area (Å²) in [4.78, 5) is 0. The SMILES string of the molecule is c1ccc(-n2c3ccccc3c3sc4c(-c5ccccc5-c5ccc6sc7ccccc7c6c5)cccc4c32)cc1. The fraction of sp³-hybridized carbons (Fsp3) is 0. The summed E-state index contributed by atoms with van der Waals surface area (Å²) in [5.41, 5.74) is 8.84. The maximum absolute atomic E-state index is 2.44. The van der Waals surface area contributed by atoms with Crippen LogP contribution < -0.4 is 0 Å². The van der Waals surface area contributed by atoms with Gasteiger partial charge in [-0.25, -0.2) is 0 Å². The Hall–Kier alpha value is -4.70. The van der Waals surface area contributed by atoms with Gasteiger partial charge in [-0.1, -0.05) is 103 Å². The lowest BCUT2D eigenvalue weighted by Crippen LogP contribution is -1.93. The molecule has 1 nitrogen and oxygen atoms in total. The Kier molecular flexibility index (Phi) is 5.00. The zero-order chi connectivity index (χ0) is 26.9. The van der Waals surface area contributed by atoms with Crippen molar-refractivity contribution in [1.82, 2.24) is 4.57 Å². The van der Waals surface area contributed by atoms with Crippen LogP contribution in [0.3, 0.4) is 0 Å². The number of aromatic nitrogens is 1. The Bertz CT molecular complexity index is 2420. The molecule has 9 aromatic rings. The van der Waals surface area contributed by atoms with E-state index >= 15 is 0 Å². The first-order valence-electron chi connectivity index (χ1n) is 13.9. The van der Waals surface area contributed by atoms with E-state index in [0.717, 1.165) is 0 Å². The van der Waals surface area contributed by atoms with Crippen LogP contribution in [-0.4, -0.2) is 4.57 Å². The lowest BCUT2D eigenvalue weighted by Gasteiger charge is -2.12. The third kappa shape index (κ3) is 3.40. The average Bonchev–Trinajstić information content (AvgIpc) is 3.70. The lowest BCUT2D eigenvalue weighted by atomic mass is 9.93. The highest BCUT2D eigenvalue weighted by atomic mass is 32.1. The molecule has 0 fully saturated rings. The summed E-state index contributed by atoms with van der Waals surface area (Å²) in [7, 11) is 0. The summed E-state index contributed by atoms with van der Waals surface area (Å²) in [5, 5.41) is 5.28. The van der Waals surface area contributed by atoms with Crippen LogP contribution in [0.5, 0.6) is 0 Å². The van der Waals surface area contributed by atoms with Crippen LogP contribution in [0.15, 0.2) is 140 Å². The Morgan fingerprint density at radius 3 is 2.00 bits per heavy atom. The van der Waals surface area contributed by atoms with Gasteiger partial charge >= 0.3 is 0 Å². The van der Waals surface area contributed by atoms with Crippen molar-refractivity contribution < 1.29 is 0 Å². The topological polar surface area (TPSA) is 4.93 Å². The Morgan fingerprint density at radius 1 is 0.415 bits per heavy atom. The minimum Gasteiger partial charge on any atom is -0.308 e. The smallest absolute Gasteiger partial charge is 0.0727 e. The molecule has 0 N–H and O–H groups in total. The number of fused-ring (bicyclic) bond motifs is 8. The van der Waals surface area contributed by atoms with Gasteiger partial charge in [-0.3, -0.25) is 0 Å². The van der Waals surface area contributed by atoms with Crippen molar-refractivity contribution in [2.24, 2.45) is 0 Å². The lowest BCUT2D eigenvalue weighted by molar-refractivity contribution is 1.19. The van der Waals surface area contributed by atoms with E-state index in [2.05, 4.69) is 144 Å². The van der Waals surface area contributed by atoms with Gasteiger partial charge in [0.25, 0.3) is 0 Å². The molecule has 0 amide bonds. The molecule has 41 heavy (non-hydrogen) atoms. The van der Waals surface area contributed by atoms with E-state index in [1.807, 2.05) is 22.7 Å². The van der Waals surface area contributed by atoms with E-state index in [-0.39, 0.29) is 0 Å². The van der Waals surface area contributed by atoms with Crippen LogP contribution in [-0.2, 0) is 0 Å². The number of hydrogen-bond acceptors (Lipinski definition) is 2. The Morgan fingerprint density at radius 2 is 1.10 bits per heavy atom. The predicted octanol–water partition coefficient (Wildman–Crippen LogP) is 11.7. The molecule has 0 saturated heterocycles. The average molecular weight is 558 g/mol. The van der Waals surface area contributed by atoms with Gasteiger partial charge < -0.3 is 4.57 Å². The molecule has 192 valence electrons. The Labute approximate surface area is 245 Å². The molecule has 0 aliphatic heterocycles. The monoisotopic (exact) mass is 557 g/mol. The van der Waals surface area contributed by atoms with Crippen molar-refractivity contribution in [3.05, 3.63) is 140 Å². The van der Waals surface area contributed by atoms with Gasteiger partial charge in [-0.05, 0) is 53.1 Å². The molecule has 9 rings (SSSR count). The Balaban J connectivity index is 1.32. The van der Waals surface area contributed by atoms with E-state index in [1.54, 1.807) is 0 Å². The second-order valence-corrected chi connectivity index (χ2v) is 12.6. The summed E-state index contributed by atoms with van der Waals surface area (Å²) in [6.45, 7) is 0. The molecular formula is C38H23NS2. The van der Waals surface area contributed by atoms with E-state index < -0.39 is 0 Å². The number of thiophene rings is 2. The molecule has 6 aromatic carbocycles. The summed E-state index contributed by atoms with van der Waals surface area (Å²) < 4.78 is 7.80. The number of rotatable bonds is 3. The highest BCUT2D eigenvalue weighted by Crippen LogP contribution is 2.47. The van der Waals surface area contributed by atoms with E-state index in [0.29, 0.717) is 0 Å². The summed E-state index contributed by atoms with van der Waals surface area (Å²) in [6.07, 6.45) is 0. The highest BCUT2D eigenvalue weighted by molar-refractivity contribution is 7.27. The molecule has 3 aromatic heterocycles. The molecule has 0 aliphatic carbocycles. The molecular weight excluding hydrogens is 535 g/mol. The molecule has 3 heterocycles.